The fraction of sp³-hybridized carbons (Fsp3) is 0.318. The molecule has 0 saturated heterocycles. The number of rotatable bonds is 10. The van der Waals surface area contributed by atoms with Gasteiger partial charge in [0.1, 0.15) is 23.9 Å². The lowest BCUT2D eigenvalue weighted by molar-refractivity contribution is -0.113. The molecule has 3 aromatic rings. The van der Waals surface area contributed by atoms with Gasteiger partial charge in [0.05, 0.1) is 20.0 Å². The lowest BCUT2D eigenvalue weighted by Gasteiger charge is -2.10. The molecular weight excluding hydrogens is 416 g/mol. The van der Waals surface area contributed by atoms with Crippen molar-refractivity contribution in [2.45, 2.75) is 32.2 Å². The van der Waals surface area contributed by atoms with Gasteiger partial charge < -0.3 is 24.1 Å². The van der Waals surface area contributed by atoms with Gasteiger partial charge in [0.25, 0.3) is 0 Å². The van der Waals surface area contributed by atoms with Gasteiger partial charge in [0, 0.05) is 30.4 Å². The van der Waals surface area contributed by atoms with E-state index in [0.717, 1.165) is 5.75 Å². The van der Waals surface area contributed by atoms with Crippen LogP contribution in [-0.4, -0.2) is 40.6 Å². The molecule has 8 nitrogen and oxygen atoms in total. The van der Waals surface area contributed by atoms with Crippen LogP contribution in [-0.2, 0) is 17.9 Å². The van der Waals surface area contributed by atoms with E-state index in [1.54, 1.807) is 32.4 Å². The quantitative estimate of drug-likeness (QED) is 0.476. The lowest BCUT2D eigenvalue weighted by atomic mass is 10.2. The highest BCUT2D eigenvalue weighted by molar-refractivity contribution is 7.99. The molecule has 0 aliphatic carbocycles. The summed E-state index contributed by atoms with van der Waals surface area (Å²) in [4.78, 5) is 12.4. The van der Waals surface area contributed by atoms with Gasteiger partial charge >= 0.3 is 0 Å². The molecule has 164 valence electrons. The molecule has 0 radical (unpaired) electrons. The number of carbonyl (C=O) groups excluding carboxylic acids is 1. The SMILES string of the molecule is CCn1c(COc2ccc(C)cc2)nnc1SCC(=O)Nc1cc(OC)cc(OC)c1. The molecule has 0 fully saturated rings. The fourth-order valence-electron chi connectivity index (χ4n) is 2.84. The number of benzene rings is 2. The van der Waals surface area contributed by atoms with Crippen LogP contribution in [0.15, 0.2) is 47.6 Å². The normalized spacial score (nSPS) is 10.6. The van der Waals surface area contributed by atoms with Gasteiger partial charge in [-0.1, -0.05) is 29.5 Å². The molecule has 31 heavy (non-hydrogen) atoms. The van der Waals surface area contributed by atoms with Crippen molar-refractivity contribution in [1.29, 1.82) is 0 Å². The van der Waals surface area contributed by atoms with Crippen molar-refractivity contribution in [3.8, 4) is 17.2 Å². The standard InChI is InChI=1S/C22H26N4O4S/c1-5-26-20(13-30-17-8-6-15(2)7-9-17)24-25-22(26)31-14-21(27)23-16-10-18(28-3)12-19(11-16)29-4/h6-12H,5,13-14H2,1-4H3,(H,23,27). The topological polar surface area (TPSA) is 87.5 Å². The third-order valence-electron chi connectivity index (χ3n) is 4.47. The first-order valence-electron chi connectivity index (χ1n) is 9.79. The zero-order valence-electron chi connectivity index (χ0n) is 18.0. The molecule has 1 heterocycles. The Morgan fingerprint density at radius 2 is 1.71 bits per heavy atom. The molecular formula is C22H26N4O4S. The predicted molar refractivity (Wildman–Crippen MR) is 120 cm³/mol. The van der Waals surface area contributed by atoms with Gasteiger partial charge in [-0.2, -0.15) is 0 Å². The zero-order valence-corrected chi connectivity index (χ0v) is 18.9. The monoisotopic (exact) mass is 442 g/mol. The van der Waals surface area contributed by atoms with Gasteiger partial charge in [-0.05, 0) is 26.0 Å². The summed E-state index contributed by atoms with van der Waals surface area (Å²) in [5, 5.41) is 12.0. The Bertz CT molecular complexity index is 999. The molecule has 0 bridgehead atoms. The van der Waals surface area contributed by atoms with E-state index < -0.39 is 0 Å². The van der Waals surface area contributed by atoms with Crippen LogP contribution in [0.2, 0.25) is 0 Å². The molecule has 9 heteroatoms. The second-order valence-corrected chi connectivity index (χ2v) is 7.63. The van der Waals surface area contributed by atoms with Crippen LogP contribution in [0.5, 0.6) is 17.2 Å². The van der Waals surface area contributed by atoms with E-state index >= 15 is 0 Å². The highest BCUT2D eigenvalue weighted by Gasteiger charge is 2.14. The lowest BCUT2D eigenvalue weighted by Crippen LogP contribution is -2.15. The van der Waals surface area contributed by atoms with Crippen molar-refractivity contribution >= 4 is 23.4 Å². The highest BCUT2D eigenvalue weighted by Crippen LogP contribution is 2.26. The molecule has 0 aliphatic heterocycles. The van der Waals surface area contributed by atoms with Crippen molar-refractivity contribution in [2.24, 2.45) is 0 Å². The number of hydrogen-bond acceptors (Lipinski definition) is 7. The molecule has 1 aromatic heterocycles. The first kappa shape index (κ1) is 22.5. The number of ether oxygens (including phenoxy) is 3. The molecule has 2 aromatic carbocycles. The van der Waals surface area contributed by atoms with Crippen molar-refractivity contribution in [2.75, 3.05) is 25.3 Å². The number of aryl methyl sites for hydroxylation is 1. The number of amides is 1. The number of aromatic nitrogens is 3. The largest absolute Gasteiger partial charge is 0.497 e. The van der Waals surface area contributed by atoms with Crippen LogP contribution in [0.3, 0.4) is 0 Å². The molecule has 0 atom stereocenters. The number of thioether (sulfide) groups is 1. The van der Waals surface area contributed by atoms with Gasteiger partial charge in [0.2, 0.25) is 5.91 Å². The summed E-state index contributed by atoms with van der Waals surface area (Å²) >= 11 is 1.32. The van der Waals surface area contributed by atoms with E-state index in [-0.39, 0.29) is 11.7 Å². The van der Waals surface area contributed by atoms with Crippen LogP contribution in [0.25, 0.3) is 0 Å². The number of anilines is 1. The highest BCUT2D eigenvalue weighted by atomic mass is 32.2. The second kappa shape index (κ2) is 10.7. The molecule has 0 unspecified atom stereocenters. The smallest absolute Gasteiger partial charge is 0.234 e. The Morgan fingerprint density at radius 3 is 2.32 bits per heavy atom. The maximum Gasteiger partial charge on any atom is 0.234 e. The Morgan fingerprint density at radius 1 is 1.03 bits per heavy atom. The second-order valence-electron chi connectivity index (χ2n) is 6.68. The number of nitrogens with one attached hydrogen (secondary N) is 1. The molecule has 0 aliphatic rings. The van der Waals surface area contributed by atoms with Gasteiger partial charge in [-0.15, -0.1) is 10.2 Å². The van der Waals surface area contributed by atoms with Crippen molar-refractivity contribution in [1.82, 2.24) is 14.8 Å². The van der Waals surface area contributed by atoms with E-state index in [9.17, 15) is 4.79 Å². The van der Waals surface area contributed by atoms with E-state index in [1.807, 2.05) is 42.7 Å². The van der Waals surface area contributed by atoms with E-state index in [4.69, 9.17) is 14.2 Å². The van der Waals surface area contributed by atoms with Crippen LogP contribution < -0.4 is 19.5 Å². The molecule has 1 amide bonds. The number of hydrogen-bond donors (Lipinski definition) is 1. The summed E-state index contributed by atoms with van der Waals surface area (Å²) in [7, 11) is 3.13. The molecule has 1 N–H and O–H groups in total. The Labute approximate surface area is 185 Å². The number of nitrogens with zero attached hydrogens (tertiary/aromatic N) is 3. The summed E-state index contributed by atoms with van der Waals surface area (Å²) < 4.78 is 18.2. The fourth-order valence-corrected chi connectivity index (χ4v) is 3.66. The van der Waals surface area contributed by atoms with E-state index in [0.29, 0.717) is 41.3 Å². The minimum atomic E-state index is -0.164. The molecule has 0 spiro atoms. The summed E-state index contributed by atoms with van der Waals surface area (Å²) in [5.74, 6) is 2.72. The van der Waals surface area contributed by atoms with Crippen molar-refractivity contribution < 1.29 is 19.0 Å². The number of methoxy groups -OCH3 is 2. The summed E-state index contributed by atoms with van der Waals surface area (Å²) in [6.07, 6.45) is 0. The maximum atomic E-state index is 12.4. The van der Waals surface area contributed by atoms with Crippen LogP contribution in [0.4, 0.5) is 5.69 Å². The molecule has 0 saturated carbocycles. The van der Waals surface area contributed by atoms with Gasteiger partial charge in [-0.25, -0.2) is 0 Å². The van der Waals surface area contributed by atoms with Crippen molar-refractivity contribution in [3.63, 3.8) is 0 Å². The van der Waals surface area contributed by atoms with Gasteiger partial charge in [-0.3, -0.25) is 4.79 Å². The van der Waals surface area contributed by atoms with Crippen LogP contribution in [0, 0.1) is 6.92 Å². The predicted octanol–water partition coefficient (Wildman–Crippen LogP) is 3.93. The van der Waals surface area contributed by atoms with Gasteiger partial charge in [0.15, 0.2) is 11.0 Å². The maximum absolute atomic E-state index is 12.4. The van der Waals surface area contributed by atoms with E-state index in [1.165, 1.54) is 17.3 Å². The third-order valence-corrected chi connectivity index (χ3v) is 5.43. The average Bonchev–Trinajstić information content (AvgIpc) is 3.18. The first-order valence-corrected chi connectivity index (χ1v) is 10.8. The summed E-state index contributed by atoms with van der Waals surface area (Å²) in [6, 6.07) is 13.1. The average molecular weight is 443 g/mol. The van der Waals surface area contributed by atoms with E-state index in [2.05, 4.69) is 15.5 Å². The summed E-state index contributed by atoms with van der Waals surface area (Å²) in [5.41, 5.74) is 1.78. The molecule has 3 rings (SSSR count). The minimum absolute atomic E-state index is 0.164. The van der Waals surface area contributed by atoms with Crippen LogP contribution >= 0.6 is 11.8 Å². The van der Waals surface area contributed by atoms with Crippen LogP contribution in [0.1, 0.15) is 18.3 Å². The Kier molecular flexibility index (Phi) is 7.77. The Balaban J connectivity index is 1.58. The first-order chi connectivity index (χ1) is 15.0. The zero-order chi connectivity index (χ0) is 22.2. The van der Waals surface area contributed by atoms with Crippen molar-refractivity contribution in [3.05, 3.63) is 53.9 Å². The number of carbonyl (C=O) groups is 1. The third kappa shape index (κ3) is 6.14. The minimum Gasteiger partial charge on any atom is -0.497 e. The Hall–Kier alpha value is -3.20. The summed E-state index contributed by atoms with van der Waals surface area (Å²) in [6.45, 7) is 5.02.